The third-order valence-electron chi connectivity index (χ3n) is 3.91. The maximum atomic E-state index is 12.9. The van der Waals surface area contributed by atoms with Gasteiger partial charge in [0, 0.05) is 12.7 Å². The Morgan fingerprint density at radius 1 is 1.38 bits per heavy atom. The SMILES string of the molecule is Cc1nccc(NC(=O)N2CCC[C@H]2COc2ccc(F)cc2)n1. The van der Waals surface area contributed by atoms with Crippen LogP contribution in [0.5, 0.6) is 5.75 Å². The number of likely N-dealkylation sites (tertiary alicyclic amines) is 1. The molecule has 6 nitrogen and oxygen atoms in total. The highest BCUT2D eigenvalue weighted by atomic mass is 19.1. The van der Waals surface area contributed by atoms with E-state index in [0.717, 1.165) is 12.8 Å². The molecule has 1 saturated heterocycles. The van der Waals surface area contributed by atoms with Gasteiger partial charge in [-0.15, -0.1) is 0 Å². The maximum absolute atomic E-state index is 12.9. The quantitative estimate of drug-likeness (QED) is 0.936. The number of ether oxygens (including phenoxy) is 1. The van der Waals surface area contributed by atoms with Crippen LogP contribution in [0.4, 0.5) is 15.0 Å². The van der Waals surface area contributed by atoms with Crippen LogP contribution in [0.2, 0.25) is 0 Å². The molecule has 24 heavy (non-hydrogen) atoms. The van der Waals surface area contributed by atoms with Crippen LogP contribution in [0.25, 0.3) is 0 Å². The van der Waals surface area contributed by atoms with Gasteiger partial charge in [-0.25, -0.2) is 19.2 Å². The number of amides is 2. The summed E-state index contributed by atoms with van der Waals surface area (Å²) < 4.78 is 18.6. The van der Waals surface area contributed by atoms with Crippen LogP contribution in [0.15, 0.2) is 36.5 Å². The van der Waals surface area contributed by atoms with Crippen LogP contribution in [0.3, 0.4) is 0 Å². The van der Waals surface area contributed by atoms with Crippen molar-refractivity contribution >= 4 is 11.8 Å². The number of urea groups is 1. The van der Waals surface area contributed by atoms with Gasteiger partial charge in [-0.3, -0.25) is 5.32 Å². The van der Waals surface area contributed by atoms with Gasteiger partial charge in [-0.05, 0) is 50.1 Å². The van der Waals surface area contributed by atoms with Gasteiger partial charge in [0.2, 0.25) is 0 Å². The molecular weight excluding hydrogens is 311 g/mol. The third-order valence-corrected chi connectivity index (χ3v) is 3.91. The minimum Gasteiger partial charge on any atom is -0.491 e. The Bertz CT molecular complexity index is 708. The molecule has 1 N–H and O–H groups in total. The zero-order valence-electron chi connectivity index (χ0n) is 13.4. The van der Waals surface area contributed by atoms with Gasteiger partial charge < -0.3 is 9.64 Å². The van der Waals surface area contributed by atoms with Crippen molar-refractivity contribution in [3.8, 4) is 5.75 Å². The summed E-state index contributed by atoms with van der Waals surface area (Å²) in [7, 11) is 0. The normalized spacial score (nSPS) is 16.9. The fraction of sp³-hybridized carbons (Fsp3) is 0.353. The molecule has 0 spiro atoms. The lowest BCUT2D eigenvalue weighted by atomic mass is 10.2. The molecule has 1 aromatic heterocycles. The molecule has 0 saturated carbocycles. The molecular formula is C17H19FN4O2. The van der Waals surface area contributed by atoms with Crippen molar-refractivity contribution in [3.05, 3.63) is 48.2 Å². The average Bonchev–Trinajstić information content (AvgIpc) is 3.03. The number of aryl methyl sites for hydroxylation is 1. The summed E-state index contributed by atoms with van der Waals surface area (Å²) >= 11 is 0. The Morgan fingerprint density at radius 2 is 2.17 bits per heavy atom. The average molecular weight is 330 g/mol. The van der Waals surface area contributed by atoms with Crippen LogP contribution in [-0.4, -0.2) is 40.1 Å². The van der Waals surface area contributed by atoms with Gasteiger partial charge >= 0.3 is 6.03 Å². The molecule has 1 atom stereocenters. The van der Waals surface area contributed by atoms with Crippen LogP contribution < -0.4 is 10.1 Å². The van der Waals surface area contributed by atoms with Crippen molar-refractivity contribution < 1.29 is 13.9 Å². The second-order valence-electron chi connectivity index (χ2n) is 5.67. The highest BCUT2D eigenvalue weighted by Crippen LogP contribution is 2.20. The summed E-state index contributed by atoms with van der Waals surface area (Å²) in [6, 6.07) is 7.32. The van der Waals surface area contributed by atoms with Crippen molar-refractivity contribution in [2.24, 2.45) is 0 Å². The molecule has 0 aliphatic carbocycles. The first-order valence-corrected chi connectivity index (χ1v) is 7.87. The van der Waals surface area contributed by atoms with Crippen LogP contribution >= 0.6 is 0 Å². The lowest BCUT2D eigenvalue weighted by Crippen LogP contribution is -2.41. The third kappa shape index (κ3) is 3.98. The fourth-order valence-electron chi connectivity index (χ4n) is 2.71. The first-order valence-electron chi connectivity index (χ1n) is 7.87. The lowest BCUT2D eigenvalue weighted by molar-refractivity contribution is 0.175. The van der Waals surface area contributed by atoms with Crippen molar-refractivity contribution in [3.63, 3.8) is 0 Å². The molecule has 0 unspecified atom stereocenters. The number of nitrogens with zero attached hydrogens (tertiary/aromatic N) is 3. The zero-order valence-corrected chi connectivity index (χ0v) is 13.4. The van der Waals surface area contributed by atoms with E-state index in [1.807, 2.05) is 0 Å². The molecule has 2 heterocycles. The molecule has 1 aromatic carbocycles. The number of hydrogen-bond acceptors (Lipinski definition) is 4. The Kier molecular flexibility index (Phi) is 4.88. The highest BCUT2D eigenvalue weighted by Gasteiger charge is 2.29. The van der Waals surface area contributed by atoms with Gasteiger partial charge in [-0.2, -0.15) is 0 Å². The van der Waals surface area contributed by atoms with E-state index in [-0.39, 0.29) is 17.9 Å². The van der Waals surface area contributed by atoms with Crippen molar-refractivity contribution in [2.75, 3.05) is 18.5 Å². The highest BCUT2D eigenvalue weighted by molar-refractivity contribution is 5.88. The summed E-state index contributed by atoms with van der Waals surface area (Å²) in [5.41, 5.74) is 0. The number of rotatable bonds is 4. The van der Waals surface area contributed by atoms with E-state index in [0.29, 0.717) is 30.5 Å². The van der Waals surface area contributed by atoms with Gasteiger partial charge in [0.1, 0.15) is 29.8 Å². The molecule has 0 bridgehead atoms. The van der Waals surface area contributed by atoms with E-state index in [4.69, 9.17) is 4.74 Å². The zero-order chi connectivity index (χ0) is 16.9. The Morgan fingerprint density at radius 3 is 2.92 bits per heavy atom. The number of carbonyl (C=O) groups is 1. The molecule has 7 heteroatoms. The smallest absolute Gasteiger partial charge is 0.323 e. The Labute approximate surface area is 139 Å². The Balaban J connectivity index is 1.58. The van der Waals surface area contributed by atoms with E-state index in [9.17, 15) is 9.18 Å². The minimum atomic E-state index is -0.302. The predicted molar refractivity (Wildman–Crippen MR) is 87.4 cm³/mol. The molecule has 0 radical (unpaired) electrons. The molecule has 1 fully saturated rings. The van der Waals surface area contributed by atoms with Gasteiger partial charge in [0.25, 0.3) is 0 Å². The van der Waals surface area contributed by atoms with E-state index < -0.39 is 0 Å². The number of benzene rings is 1. The van der Waals surface area contributed by atoms with Gasteiger partial charge in [0.15, 0.2) is 0 Å². The first-order chi connectivity index (χ1) is 11.6. The number of halogens is 1. The second-order valence-corrected chi connectivity index (χ2v) is 5.67. The molecule has 126 valence electrons. The van der Waals surface area contributed by atoms with E-state index in [1.54, 1.807) is 36.2 Å². The van der Waals surface area contributed by atoms with E-state index in [2.05, 4.69) is 15.3 Å². The summed E-state index contributed by atoms with van der Waals surface area (Å²) in [6.45, 7) is 2.82. The molecule has 2 aromatic rings. The molecule has 2 amide bonds. The first kappa shape index (κ1) is 16.2. The van der Waals surface area contributed by atoms with Crippen LogP contribution in [0.1, 0.15) is 18.7 Å². The topological polar surface area (TPSA) is 67.4 Å². The lowest BCUT2D eigenvalue weighted by Gasteiger charge is -2.24. The van der Waals surface area contributed by atoms with Crippen LogP contribution in [0, 0.1) is 12.7 Å². The largest absolute Gasteiger partial charge is 0.491 e. The number of anilines is 1. The molecule has 1 aliphatic heterocycles. The maximum Gasteiger partial charge on any atom is 0.323 e. The number of aromatic nitrogens is 2. The summed E-state index contributed by atoms with van der Waals surface area (Å²) in [5.74, 6) is 1.38. The van der Waals surface area contributed by atoms with E-state index >= 15 is 0 Å². The minimum absolute atomic E-state index is 0.0158. The Hall–Kier alpha value is -2.70. The van der Waals surface area contributed by atoms with Crippen molar-refractivity contribution in [2.45, 2.75) is 25.8 Å². The van der Waals surface area contributed by atoms with Gasteiger partial charge in [-0.1, -0.05) is 0 Å². The summed E-state index contributed by atoms with van der Waals surface area (Å²) in [5, 5.41) is 2.79. The summed E-state index contributed by atoms with van der Waals surface area (Å²) in [6.07, 6.45) is 3.40. The number of nitrogens with one attached hydrogen (secondary N) is 1. The molecule has 1 aliphatic rings. The number of hydrogen-bond donors (Lipinski definition) is 1. The molecule has 3 rings (SSSR count). The second kappa shape index (κ2) is 7.25. The number of carbonyl (C=O) groups excluding carboxylic acids is 1. The van der Waals surface area contributed by atoms with Gasteiger partial charge in [0.05, 0.1) is 6.04 Å². The van der Waals surface area contributed by atoms with Crippen LogP contribution in [-0.2, 0) is 0 Å². The van der Waals surface area contributed by atoms with E-state index in [1.165, 1.54) is 12.1 Å². The monoisotopic (exact) mass is 330 g/mol. The standard InChI is InChI=1S/C17H19FN4O2/c1-12-19-9-8-16(20-12)21-17(23)22-10-2-3-14(22)11-24-15-6-4-13(18)5-7-15/h4-9,14H,2-3,10-11H2,1H3,(H,19,20,21,23)/t14-/m0/s1. The summed E-state index contributed by atoms with van der Waals surface area (Å²) in [4.78, 5) is 22.4. The predicted octanol–water partition coefficient (Wildman–Crippen LogP) is 3.00. The fourth-order valence-corrected chi connectivity index (χ4v) is 2.71. The van der Waals surface area contributed by atoms with Crippen molar-refractivity contribution in [1.82, 2.24) is 14.9 Å². The van der Waals surface area contributed by atoms with Crippen molar-refractivity contribution in [1.29, 1.82) is 0 Å².